The van der Waals surface area contributed by atoms with Crippen molar-refractivity contribution in [2.45, 2.75) is 4.90 Å². The number of hydrogen-bond donors (Lipinski definition) is 3. The molecule has 2 rings (SSSR count). The second-order valence-electron chi connectivity index (χ2n) is 4.36. The molecule has 0 bridgehead atoms. The number of methoxy groups -OCH3 is 1. The van der Waals surface area contributed by atoms with E-state index < -0.39 is 16.0 Å². The predicted octanol–water partition coefficient (Wildman–Crippen LogP) is 1.18. The molecule has 24 heavy (non-hydrogen) atoms. The van der Waals surface area contributed by atoms with Gasteiger partial charge in [-0.15, -0.1) is 0 Å². The first-order valence-corrected chi connectivity index (χ1v) is 8.34. The standard InChI is InChI=1S/C13H13ClN4O5S/c1-23-11-6-10(14)17-13(18-11)15-7-16-24(21,22)9-5-3-2-4-8(9)12(19)20/h2-6,16H,7H2,1H3,(H,19,20)(H,15,17,18). The average Bonchev–Trinajstić information content (AvgIpc) is 2.54. The van der Waals surface area contributed by atoms with E-state index >= 15 is 0 Å². The van der Waals surface area contributed by atoms with Crippen LogP contribution in [0.25, 0.3) is 0 Å². The van der Waals surface area contributed by atoms with Crippen LogP contribution >= 0.6 is 11.6 Å². The second kappa shape index (κ2) is 7.43. The molecule has 0 atom stereocenters. The molecule has 1 aromatic carbocycles. The minimum absolute atomic E-state index is 0.0496. The Morgan fingerprint density at radius 2 is 2.04 bits per heavy atom. The SMILES string of the molecule is COc1cc(Cl)nc(NCNS(=O)(=O)c2ccccc2C(=O)O)n1. The number of nitrogens with one attached hydrogen (secondary N) is 2. The molecule has 1 aromatic heterocycles. The lowest BCUT2D eigenvalue weighted by Gasteiger charge is -2.10. The number of aromatic carboxylic acids is 1. The number of carbonyl (C=O) groups is 1. The molecule has 1 heterocycles. The molecule has 0 amide bonds. The van der Waals surface area contributed by atoms with Crippen molar-refractivity contribution in [2.24, 2.45) is 0 Å². The highest BCUT2D eigenvalue weighted by molar-refractivity contribution is 7.89. The van der Waals surface area contributed by atoms with Gasteiger partial charge in [-0.3, -0.25) is 0 Å². The van der Waals surface area contributed by atoms with Crippen LogP contribution in [0.4, 0.5) is 5.95 Å². The van der Waals surface area contributed by atoms with Gasteiger partial charge in [-0.05, 0) is 12.1 Å². The summed E-state index contributed by atoms with van der Waals surface area (Å²) in [6.07, 6.45) is 0. The first-order valence-electron chi connectivity index (χ1n) is 6.48. The van der Waals surface area contributed by atoms with Gasteiger partial charge in [0.05, 0.1) is 24.2 Å². The smallest absolute Gasteiger partial charge is 0.337 e. The van der Waals surface area contributed by atoms with Gasteiger partial charge >= 0.3 is 5.97 Å². The quantitative estimate of drug-likeness (QED) is 0.488. The molecule has 9 nitrogen and oxygen atoms in total. The highest BCUT2D eigenvalue weighted by Gasteiger charge is 2.21. The first kappa shape index (κ1) is 17.9. The fourth-order valence-corrected chi connectivity index (χ4v) is 3.04. The number of nitrogens with zero attached hydrogens (tertiary/aromatic N) is 2. The Morgan fingerprint density at radius 1 is 1.33 bits per heavy atom. The van der Waals surface area contributed by atoms with Crippen molar-refractivity contribution < 1.29 is 23.1 Å². The Labute approximate surface area is 142 Å². The van der Waals surface area contributed by atoms with Crippen LogP contribution in [-0.4, -0.2) is 43.2 Å². The molecule has 0 saturated carbocycles. The highest BCUT2D eigenvalue weighted by Crippen LogP contribution is 2.16. The topological polar surface area (TPSA) is 131 Å². The van der Waals surface area contributed by atoms with Crippen molar-refractivity contribution in [3.05, 3.63) is 41.0 Å². The van der Waals surface area contributed by atoms with Gasteiger partial charge in [-0.25, -0.2) is 18.2 Å². The summed E-state index contributed by atoms with van der Waals surface area (Å²) in [5.41, 5.74) is -0.328. The van der Waals surface area contributed by atoms with E-state index in [1.165, 1.54) is 37.4 Å². The van der Waals surface area contributed by atoms with Crippen molar-refractivity contribution in [3.8, 4) is 5.88 Å². The first-order chi connectivity index (χ1) is 11.3. The van der Waals surface area contributed by atoms with Gasteiger partial charge in [0.1, 0.15) is 5.15 Å². The zero-order valence-electron chi connectivity index (χ0n) is 12.4. The molecular weight excluding hydrogens is 360 g/mol. The summed E-state index contributed by atoms with van der Waals surface area (Å²) in [5.74, 6) is -1.09. The van der Waals surface area contributed by atoms with Crippen molar-refractivity contribution >= 4 is 33.5 Å². The molecule has 2 aromatic rings. The van der Waals surface area contributed by atoms with E-state index in [4.69, 9.17) is 21.4 Å². The summed E-state index contributed by atoms with van der Waals surface area (Å²) >= 11 is 5.77. The zero-order chi connectivity index (χ0) is 17.7. The number of sulfonamides is 1. The third-order valence-electron chi connectivity index (χ3n) is 2.80. The maximum Gasteiger partial charge on any atom is 0.337 e. The number of hydrogen-bond acceptors (Lipinski definition) is 7. The molecule has 0 aliphatic heterocycles. The number of ether oxygens (including phenoxy) is 1. The average molecular weight is 373 g/mol. The lowest BCUT2D eigenvalue weighted by molar-refractivity contribution is 0.0692. The van der Waals surface area contributed by atoms with Gasteiger partial charge in [-0.1, -0.05) is 23.7 Å². The van der Waals surface area contributed by atoms with Crippen molar-refractivity contribution in [1.82, 2.24) is 14.7 Å². The summed E-state index contributed by atoms with van der Waals surface area (Å²) in [4.78, 5) is 18.6. The molecule has 0 fully saturated rings. The normalized spacial score (nSPS) is 11.1. The molecule has 0 saturated heterocycles. The van der Waals surface area contributed by atoms with Gasteiger partial charge in [0.15, 0.2) is 0 Å². The number of anilines is 1. The van der Waals surface area contributed by atoms with Crippen molar-refractivity contribution in [3.63, 3.8) is 0 Å². The minimum Gasteiger partial charge on any atom is -0.481 e. The van der Waals surface area contributed by atoms with Crippen LogP contribution in [-0.2, 0) is 10.0 Å². The van der Waals surface area contributed by atoms with Crippen molar-refractivity contribution in [2.75, 3.05) is 19.1 Å². The molecule has 0 aliphatic carbocycles. The predicted molar refractivity (Wildman–Crippen MR) is 85.8 cm³/mol. The molecular formula is C13H13ClN4O5S. The fourth-order valence-electron chi connectivity index (χ4n) is 1.75. The summed E-state index contributed by atoms with van der Waals surface area (Å²) in [5, 5.41) is 11.8. The van der Waals surface area contributed by atoms with E-state index in [-0.39, 0.29) is 34.1 Å². The van der Waals surface area contributed by atoms with Gasteiger partial charge in [0.2, 0.25) is 21.9 Å². The molecule has 0 unspecified atom stereocenters. The van der Waals surface area contributed by atoms with E-state index in [9.17, 15) is 13.2 Å². The van der Waals surface area contributed by atoms with Crippen LogP contribution in [0, 0.1) is 0 Å². The molecule has 128 valence electrons. The zero-order valence-corrected chi connectivity index (χ0v) is 13.9. The number of carboxylic acids is 1. The number of rotatable bonds is 7. The van der Waals surface area contributed by atoms with Gasteiger partial charge in [0, 0.05) is 6.07 Å². The Balaban J connectivity index is 2.12. The van der Waals surface area contributed by atoms with Crippen molar-refractivity contribution in [1.29, 1.82) is 0 Å². The largest absolute Gasteiger partial charge is 0.481 e. The summed E-state index contributed by atoms with van der Waals surface area (Å²) in [7, 11) is -2.65. The number of aromatic nitrogens is 2. The van der Waals surface area contributed by atoms with Crippen LogP contribution in [0.5, 0.6) is 5.88 Å². The number of benzene rings is 1. The summed E-state index contributed by atoms with van der Waals surface area (Å²) in [6, 6.07) is 6.66. The van der Waals surface area contributed by atoms with E-state index in [1.54, 1.807) is 0 Å². The summed E-state index contributed by atoms with van der Waals surface area (Å²) in [6.45, 7) is -0.278. The molecule has 3 N–H and O–H groups in total. The second-order valence-corrected chi connectivity index (χ2v) is 6.48. The van der Waals surface area contributed by atoms with Crippen LogP contribution in [0.2, 0.25) is 5.15 Å². The maximum atomic E-state index is 12.2. The molecule has 11 heteroatoms. The Bertz CT molecular complexity index is 859. The van der Waals surface area contributed by atoms with Gasteiger partial charge in [0.25, 0.3) is 0 Å². The van der Waals surface area contributed by atoms with Crippen LogP contribution in [0.3, 0.4) is 0 Å². The Hall–Kier alpha value is -2.43. The molecule has 0 radical (unpaired) electrons. The summed E-state index contributed by atoms with van der Waals surface area (Å²) < 4.78 is 31.6. The maximum absolute atomic E-state index is 12.2. The van der Waals surface area contributed by atoms with E-state index in [0.717, 1.165) is 0 Å². The lowest BCUT2D eigenvalue weighted by Crippen LogP contribution is -2.30. The fraction of sp³-hybridized carbons (Fsp3) is 0.154. The van der Waals surface area contributed by atoms with E-state index in [0.29, 0.717) is 0 Å². The lowest BCUT2D eigenvalue weighted by atomic mass is 10.2. The van der Waals surface area contributed by atoms with E-state index in [2.05, 4.69) is 20.0 Å². The van der Waals surface area contributed by atoms with Gasteiger partial charge in [-0.2, -0.15) is 9.71 Å². The van der Waals surface area contributed by atoms with Gasteiger partial charge < -0.3 is 15.2 Å². The number of carboxylic acid groups (broad SMARTS) is 1. The molecule has 0 spiro atoms. The number of halogens is 1. The third-order valence-corrected chi connectivity index (χ3v) is 4.45. The van der Waals surface area contributed by atoms with E-state index in [1.807, 2.05) is 0 Å². The third kappa shape index (κ3) is 4.31. The van der Waals surface area contributed by atoms with Crippen LogP contribution < -0.4 is 14.8 Å². The van der Waals surface area contributed by atoms with Crippen LogP contribution in [0.15, 0.2) is 35.2 Å². The molecule has 0 aliphatic rings. The highest BCUT2D eigenvalue weighted by atomic mass is 35.5. The van der Waals surface area contributed by atoms with Crippen LogP contribution in [0.1, 0.15) is 10.4 Å². The minimum atomic E-state index is -4.05. The monoisotopic (exact) mass is 372 g/mol. The Morgan fingerprint density at radius 3 is 2.71 bits per heavy atom. The Kier molecular flexibility index (Phi) is 5.54.